The Labute approximate surface area is 154 Å². The number of unbranched alkanes of at least 4 members (excludes halogenated alkanes) is 11. The average Bonchev–Trinajstić information content (AvgIpc) is 2.56. The van der Waals surface area contributed by atoms with Crippen LogP contribution >= 0.6 is 0 Å². The molecule has 0 saturated carbocycles. The van der Waals surface area contributed by atoms with Crippen molar-refractivity contribution in [2.45, 2.75) is 137 Å². The lowest BCUT2D eigenvalue weighted by atomic mass is 9.71. The maximum Gasteiger partial charge on any atom is 0.00928 e. The van der Waals surface area contributed by atoms with Crippen molar-refractivity contribution < 1.29 is 0 Å². The Hall–Kier alpha value is -0.0400. The van der Waals surface area contributed by atoms with Gasteiger partial charge in [0.15, 0.2) is 0 Å². The Bertz CT molecular complexity index is 259. The van der Waals surface area contributed by atoms with Gasteiger partial charge >= 0.3 is 0 Å². The molecular weight excluding hydrogens is 290 g/mol. The van der Waals surface area contributed by atoms with Gasteiger partial charge in [-0.2, -0.15) is 0 Å². The highest BCUT2D eigenvalue weighted by Crippen LogP contribution is 2.35. The van der Waals surface area contributed by atoms with E-state index in [-0.39, 0.29) is 5.41 Å². The second-order valence-corrected chi connectivity index (χ2v) is 8.80. The fourth-order valence-electron chi connectivity index (χ4n) is 3.66. The van der Waals surface area contributed by atoms with Crippen molar-refractivity contribution >= 4 is 0 Å². The van der Waals surface area contributed by atoms with Gasteiger partial charge in [0.1, 0.15) is 0 Å². The summed E-state index contributed by atoms with van der Waals surface area (Å²) < 4.78 is 0. The summed E-state index contributed by atoms with van der Waals surface area (Å²) in [6, 6.07) is 0.364. The van der Waals surface area contributed by atoms with E-state index in [2.05, 4.69) is 34.6 Å². The van der Waals surface area contributed by atoms with Crippen LogP contribution < -0.4 is 5.73 Å². The first kappa shape index (κ1) is 24.0. The molecule has 0 aromatic rings. The largest absolute Gasteiger partial charge is 0.327 e. The van der Waals surface area contributed by atoms with E-state index in [0.717, 1.165) is 5.92 Å². The zero-order chi connectivity index (χ0) is 18.3. The minimum absolute atomic E-state index is 0.284. The SMILES string of the molecule is CCCCCCCCCCCC(N)C(C)(C)C(C)CCCCCC. The zero-order valence-corrected chi connectivity index (χ0v) is 17.8. The Morgan fingerprint density at radius 2 is 1.00 bits per heavy atom. The van der Waals surface area contributed by atoms with Crippen LogP contribution in [0.2, 0.25) is 0 Å². The summed E-state index contributed by atoms with van der Waals surface area (Å²) in [7, 11) is 0. The molecule has 0 aromatic heterocycles. The molecule has 146 valence electrons. The number of hydrogen-bond acceptors (Lipinski definition) is 1. The van der Waals surface area contributed by atoms with Crippen LogP contribution in [0.4, 0.5) is 0 Å². The van der Waals surface area contributed by atoms with Gasteiger partial charge in [-0.15, -0.1) is 0 Å². The van der Waals surface area contributed by atoms with Crippen LogP contribution in [-0.2, 0) is 0 Å². The normalized spacial score (nSPS) is 14.8. The molecule has 0 aliphatic rings. The Balaban J connectivity index is 3.73. The first-order valence-electron chi connectivity index (χ1n) is 11.2. The highest BCUT2D eigenvalue weighted by atomic mass is 14.7. The van der Waals surface area contributed by atoms with E-state index in [1.54, 1.807) is 0 Å². The fraction of sp³-hybridized carbons (Fsp3) is 1.00. The van der Waals surface area contributed by atoms with Crippen molar-refractivity contribution in [2.75, 3.05) is 0 Å². The molecule has 0 spiro atoms. The predicted molar refractivity (Wildman–Crippen MR) is 112 cm³/mol. The molecule has 2 atom stereocenters. The third kappa shape index (κ3) is 11.5. The molecule has 2 unspecified atom stereocenters. The summed E-state index contributed by atoms with van der Waals surface area (Å²) in [5.74, 6) is 0.739. The second-order valence-electron chi connectivity index (χ2n) is 8.80. The van der Waals surface area contributed by atoms with E-state index in [9.17, 15) is 0 Å². The van der Waals surface area contributed by atoms with Crippen molar-refractivity contribution in [3.8, 4) is 0 Å². The molecular formula is C23H49N. The molecule has 0 bridgehead atoms. The zero-order valence-electron chi connectivity index (χ0n) is 17.8. The summed E-state index contributed by atoms with van der Waals surface area (Å²) in [5, 5.41) is 0. The highest BCUT2D eigenvalue weighted by Gasteiger charge is 2.31. The molecule has 0 amide bonds. The Morgan fingerprint density at radius 1 is 0.625 bits per heavy atom. The van der Waals surface area contributed by atoms with Gasteiger partial charge in [-0.1, -0.05) is 125 Å². The van der Waals surface area contributed by atoms with Crippen LogP contribution in [0.15, 0.2) is 0 Å². The summed E-state index contributed by atoms with van der Waals surface area (Å²) in [5.41, 5.74) is 6.86. The summed E-state index contributed by atoms with van der Waals surface area (Å²) >= 11 is 0. The first-order valence-corrected chi connectivity index (χ1v) is 11.2. The van der Waals surface area contributed by atoms with Gasteiger partial charge in [-0.3, -0.25) is 0 Å². The third-order valence-corrected chi connectivity index (χ3v) is 6.34. The standard InChI is InChI=1S/C23H49N/c1-6-8-10-12-13-14-15-16-18-20-22(24)23(4,5)21(3)19-17-11-9-7-2/h21-22H,6-20,24H2,1-5H3. The average molecular weight is 340 g/mol. The van der Waals surface area contributed by atoms with Crippen molar-refractivity contribution in [3.63, 3.8) is 0 Å². The first-order chi connectivity index (χ1) is 11.5. The van der Waals surface area contributed by atoms with E-state index in [1.165, 1.54) is 96.3 Å². The molecule has 1 heteroatoms. The highest BCUT2D eigenvalue weighted by molar-refractivity contribution is 4.85. The maximum atomic E-state index is 6.58. The molecule has 0 aliphatic carbocycles. The van der Waals surface area contributed by atoms with Crippen LogP contribution in [-0.4, -0.2) is 6.04 Å². The van der Waals surface area contributed by atoms with Crippen LogP contribution in [0.3, 0.4) is 0 Å². The lowest BCUT2D eigenvalue weighted by molar-refractivity contribution is 0.158. The molecule has 0 aliphatic heterocycles. The summed E-state index contributed by atoms with van der Waals surface area (Å²) in [4.78, 5) is 0. The second kappa shape index (κ2) is 15.2. The van der Waals surface area contributed by atoms with Crippen LogP contribution in [0.1, 0.15) is 131 Å². The van der Waals surface area contributed by atoms with E-state index in [0.29, 0.717) is 6.04 Å². The lowest BCUT2D eigenvalue weighted by Gasteiger charge is -2.38. The van der Waals surface area contributed by atoms with Gasteiger partial charge in [0.25, 0.3) is 0 Å². The predicted octanol–water partition coefficient (Wildman–Crippen LogP) is 7.87. The fourth-order valence-corrected chi connectivity index (χ4v) is 3.66. The summed E-state index contributed by atoms with van der Waals surface area (Å²) in [6.45, 7) is 11.8. The maximum absolute atomic E-state index is 6.58. The van der Waals surface area contributed by atoms with E-state index >= 15 is 0 Å². The molecule has 0 radical (unpaired) electrons. The topological polar surface area (TPSA) is 26.0 Å². The molecule has 1 nitrogen and oxygen atoms in total. The van der Waals surface area contributed by atoms with E-state index in [1.807, 2.05) is 0 Å². The Kier molecular flexibility index (Phi) is 15.2. The molecule has 0 rings (SSSR count). The van der Waals surface area contributed by atoms with Gasteiger partial charge in [0.05, 0.1) is 0 Å². The number of rotatable bonds is 17. The molecule has 0 fully saturated rings. The molecule has 24 heavy (non-hydrogen) atoms. The molecule has 0 heterocycles. The van der Waals surface area contributed by atoms with Crippen molar-refractivity contribution in [1.82, 2.24) is 0 Å². The Morgan fingerprint density at radius 3 is 1.50 bits per heavy atom. The lowest BCUT2D eigenvalue weighted by Crippen LogP contribution is -2.41. The van der Waals surface area contributed by atoms with Gasteiger partial charge in [0, 0.05) is 6.04 Å². The third-order valence-electron chi connectivity index (χ3n) is 6.34. The van der Waals surface area contributed by atoms with Gasteiger partial charge in [-0.05, 0) is 17.8 Å². The van der Waals surface area contributed by atoms with Gasteiger partial charge < -0.3 is 5.73 Å². The monoisotopic (exact) mass is 339 g/mol. The number of nitrogens with two attached hydrogens (primary N) is 1. The quantitative estimate of drug-likeness (QED) is 0.268. The van der Waals surface area contributed by atoms with E-state index < -0.39 is 0 Å². The smallest absolute Gasteiger partial charge is 0.00928 e. The van der Waals surface area contributed by atoms with Crippen molar-refractivity contribution in [2.24, 2.45) is 17.1 Å². The van der Waals surface area contributed by atoms with Crippen LogP contribution in [0.25, 0.3) is 0 Å². The minimum atomic E-state index is 0.284. The minimum Gasteiger partial charge on any atom is -0.327 e. The van der Waals surface area contributed by atoms with Crippen molar-refractivity contribution in [3.05, 3.63) is 0 Å². The molecule has 0 aromatic carbocycles. The summed E-state index contributed by atoms with van der Waals surface area (Å²) in [6.07, 6.45) is 20.7. The molecule has 2 N–H and O–H groups in total. The number of hydrogen-bond donors (Lipinski definition) is 1. The van der Waals surface area contributed by atoms with Crippen molar-refractivity contribution in [1.29, 1.82) is 0 Å². The van der Waals surface area contributed by atoms with Crippen LogP contribution in [0.5, 0.6) is 0 Å². The molecule has 0 saturated heterocycles. The van der Waals surface area contributed by atoms with Gasteiger partial charge in [-0.25, -0.2) is 0 Å². The van der Waals surface area contributed by atoms with Crippen LogP contribution in [0, 0.1) is 11.3 Å². The van der Waals surface area contributed by atoms with Gasteiger partial charge in [0.2, 0.25) is 0 Å². The van der Waals surface area contributed by atoms with E-state index in [4.69, 9.17) is 5.73 Å².